The summed E-state index contributed by atoms with van der Waals surface area (Å²) >= 11 is 1.68. The van der Waals surface area contributed by atoms with Crippen LogP contribution in [-0.2, 0) is 0 Å². The lowest BCUT2D eigenvalue weighted by molar-refractivity contribution is 0.0782. The summed E-state index contributed by atoms with van der Waals surface area (Å²) in [5.74, 6) is 0.319. The largest absolute Gasteiger partial charge is 0.393 e. The Kier molecular flexibility index (Phi) is 5.50. The second kappa shape index (κ2) is 7.01. The molecule has 1 saturated heterocycles. The van der Waals surface area contributed by atoms with E-state index in [1.54, 1.807) is 11.3 Å². The van der Waals surface area contributed by atoms with Crippen LogP contribution in [0.4, 0.5) is 4.79 Å². The van der Waals surface area contributed by atoms with E-state index < -0.39 is 0 Å². The molecule has 1 aromatic rings. The van der Waals surface area contributed by atoms with Crippen LogP contribution in [0.1, 0.15) is 51.5 Å². The zero-order valence-electron chi connectivity index (χ0n) is 14.0. The molecule has 2 unspecified atom stereocenters. The fraction of sp³-hybridized carbons (Fsp3) is 0.706. The van der Waals surface area contributed by atoms with Crippen LogP contribution in [0.15, 0.2) is 17.5 Å². The minimum Gasteiger partial charge on any atom is -0.393 e. The Labute approximate surface area is 137 Å². The summed E-state index contributed by atoms with van der Waals surface area (Å²) in [4.78, 5) is 15.7. The predicted molar refractivity (Wildman–Crippen MR) is 91.0 cm³/mol. The van der Waals surface area contributed by atoms with Gasteiger partial charge in [0.15, 0.2) is 0 Å². The van der Waals surface area contributed by atoms with Crippen molar-refractivity contribution in [3.8, 4) is 0 Å². The number of hydrogen-bond acceptors (Lipinski definition) is 3. The lowest BCUT2D eigenvalue weighted by Gasteiger charge is -2.36. The molecule has 0 aliphatic carbocycles. The molecule has 2 amide bonds. The first-order chi connectivity index (χ1) is 10.3. The maximum Gasteiger partial charge on any atom is 0.317 e. The fourth-order valence-corrected chi connectivity index (χ4v) is 3.99. The summed E-state index contributed by atoms with van der Waals surface area (Å²) in [5, 5.41) is 14.9. The molecule has 0 saturated carbocycles. The molecule has 0 spiro atoms. The van der Waals surface area contributed by atoms with Gasteiger partial charge in [-0.25, -0.2) is 4.79 Å². The van der Waals surface area contributed by atoms with E-state index in [-0.39, 0.29) is 23.6 Å². The van der Waals surface area contributed by atoms with Gasteiger partial charge >= 0.3 is 6.03 Å². The van der Waals surface area contributed by atoms with Gasteiger partial charge in [0.2, 0.25) is 0 Å². The monoisotopic (exact) mass is 324 g/mol. The average Bonchev–Trinajstić information content (AvgIpc) is 2.97. The molecule has 2 atom stereocenters. The van der Waals surface area contributed by atoms with Crippen LogP contribution in [0, 0.1) is 11.3 Å². The highest BCUT2D eigenvalue weighted by molar-refractivity contribution is 7.10. The summed E-state index contributed by atoms with van der Waals surface area (Å²) < 4.78 is 0. The van der Waals surface area contributed by atoms with E-state index in [9.17, 15) is 9.90 Å². The maximum absolute atomic E-state index is 12.6. The molecule has 0 bridgehead atoms. The molecule has 2 heterocycles. The molecule has 1 aliphatic heterocycles. The van der Waals surface area contributed by atoms with Gasteiger partial charge in [-0.15, -0.1) is 11.3 Å². The van der Waals surface area contributed by atoms with Crippen LogP contribution in [0.3, 0.4) is 0 Å². The van der Waals surface area contributed by atoms with Crippen molar-refractivity contribution in [1.82, 2.24) is 10.2 Å². The summed E-state index contributed by atoms with van der Waals surface area (Å²) in [5.41, 5.74) is -0.0293. The molecule has 124 valence electrons. The van der Waals surface area contributed by atoms with Gasteiger partial charge in [0.25, 0.3) is 0 Å². The molecule has 1 fully saturated rings. The molecule has 2 rings (SSSR count). The molecular formula is C17H28N2O2S. The molecule has 4 nitrogen and oxygen atoms in total. The number of nitrogens with one attached hydrogen (secondary N) is 1. The van der Waals surface area contributed by atoms with Crippen molar-refractivity contribution in [2.24, 2.45) is 11.3 Å². The van der Waals surface area contributed by atoms with Crippen LogP contribution in [0.5, 0.6) is 0 Å². The molecule has 1 aliphatic rings. The molecule has 22 heavy (non-hydrogen) atoms. The minimum atomic E-state index is -0.279. The van der Waals surface area contributed by atoms with Gasteiger partial charge < -0.3 is 15.3 Å². The molecule has 0 radical (unpaired) electrons. The van der Waals surface area contributed by atoms with Gasteiger partial charge in [0.05, 0.1) is 12.1 Å². The molecule has 5 heteroatoms. The van der Waals surface area contributed by atoms with E-state index in [1.165, 1.54) is 4.88 Å². The smallest absolute Gasteiger partial charge is 0.317 e. The van der Waals surface area contributed by atoms with E-state index in [1.807, 2.05) is 23.3 Å². The highest BCUT2D eigenvalue weighted by Gasteiger charge is 2.31. The van der Waals surface area contributed by atoms with Crippen LogP contribution >= 0.6 is 11.3 Å². The van der Waals surface area contributed by atoms with E-state index in [0.717, 1.165) is 25.9 Å². The third kappa shape index (κ3) is 4.23. The van der Waals surface area contributed by atoms with Crippen LogP contribution < -0.4 is 5.32 Å². The lowest BCUT2D eigenvalue weighted by atomic mass is 9.86. The summed E-state index contributed by atoms with van der Waals surface area (Å²) in [7, 11) is 0. The number of carbonyl (C=O) groups excluding carboxylic acids is 1. The Balaban J connectivity index is 1.98. The van der Waals surface area contributed by atoms with E-state index in [2.05, 4.69) is 32.2 Å². The van der Waals surface area contributed by atoms with Crippen molar-refractivity contribution in [2.75, 3.05) is 13.1 Å². The third-order valence-electron chi connectivity index (χ3n) is 4.47. The number of thiophene rings is 1. The Hall–Kier alpha value is -1.07. The summed E-state index contributed by atoms with van der Waals surface area (Å²) in [6.07, 6.45) is 1.48. The number of amides is 2. The van der Waals surface area contributed by atoms with Gasteiger partial charge in [-0.1, -0.05) is 26.8 Å². The van der Waals surface area contributed by atoms with Gasteiger partial charge in [0.1, 0.15) is 0 Å². The fourth-order valence-electron chi connectivity index (χ4n) is 2.97. The maximum atomic E-state index is 12.6. The second-order valence-electron chi connectivity index (χ2n) is 7.33. The normalized spacial score (nSPS) is 19.8. The average molecular weight is 324 g/mol. The number of aliphatic hydroxyl groups is 1. The number of carbonyl (C=O) groups is 1. The molecule has 1 aromatic heterocycles. The van der Waals surface area contributed by atoms with Crippen molar-refractivity contribution in [3.05, 3.63) is 22.4 Å². The number of hydrogen-bond donors (Lipinski definition) is 2. The van der Waals surface area contributed by atoms with E-state index in [0.29, 0.717) is 5.92 Å². The number of urea groups is 1. The highest BCUT2D eigenvalue weighted by atomic mass is 32.1. The molecular weight excluding hydrogens is 296 g/mol. The number of aliphatic hydroxyl groups excluding tert-OH is 1. The SMILES string of the molecule is CC(O)C1CCN(C(=O)NC(c2cccs2)C(C)(C)C)CC1. The van der Waals surface area contributed by atoms with Crippen molar-refractivity contribution in [3.63, 3.8) is 0 Å². The van der Waals surface area contributed by atoms with Crippen LogP contribution in [-0.4, -0.2) is 35.2 Å². The van der Waals surface area contributed by atoms with Crippen molar-refractivity contribution in [1.29, 1.82) is 0 Å². The van der Waals surface area contributed by atoms with Crippen molar-refractivity contribution in [2.45, 2.75) is 52.7 Å². The number of rotatable bonds is 3. The van der Waals surface area contributed by atoms with Crippen molar-refractivity contribution < 1.29 is 9.90 Å². The topological polar surface area (TPSA) is 52.6 Å². The van der Waals surface area contributed by atoms with E-state index in [4.69, 9.17) is 0 Å². The standard InChI is InChI=1S/C17H28N2O2S/c1-12(20)13-7-9-19(10-8-13)16(21)18-15(17(2,3)4)14-6-5-11-22-14/h5-6,11-13,15,20H,7-10H2,1-4H3,(H,18,21). The zero-order chi connectivity index (χ0) is 16.3. The number of nitrogens with zero attached hydrogens (tertiary/aromatic N) is 1. The minimum absolute atomic E-state index is 0.0115. The quantitative estimate of drug-likeness (QED) is 0.892. The number of likely N-dealkylation sites (tertiary alicyclic amines) is 1. The third-order valence-corrected chi connectivity index (χ3v) is 5.41. The van der Waals surface area contributed by atoms with Crippen LogP contribution in [0.25, 0.3) is 0 Å². The van der Waals surface area contributed by atoms with Gasteiger partial charge in [-0.2, -0.15) is 0 Å². The number of piperidine rings is 1. The first kappa shape index (κ1) is 17.3. The Bertz CT molecular complexity index is 471. The Morgan fingerprint density at radius 2 is 2.05 bits per heavy atom. The van der Waals surface area contributed by atoms with Crippen LogP contribution in [0.2, 0.25) is 0 Å². The summed E-state index contributed by atoms with van der Waals surface area (Å²) in [6.45, 7) is 9.74. The van der Waals surface area contributed by atoms with Crippen molar-refractivity contribution >= 4 is 17.4 Å². The molecule has 2 N–H and O–H groups in total. The van der Waals surface area contributed by atoms with Gasteiger partial charge in [-0.3, -0.25) is 0 Å². The lowest BCUT2D eigenvalue weighted by Crippen LogP contribution is -2.48. The first-order valence-electron chi connectivity index (χ1n) is 8.06. The second-order valence-corrected chi connectivity index (χ2v) is 8.31. The van der Waals surface area contributed by atoms with Gasteiger partial charge in [-0.05, 0) is 42.5 Å². The van der Waals surface area contributed by atoms with E-state index >= 15 is 0 Å². The zero-order valence-corrected chi connectivity index (χ0v) is 14.8. The predicted octanol–water partition coefficient (Wildman–Crippen LogP) is 3.64. The molecule has 0 aromatic carbocycles. The Morgan fingerprint density at radius 3 is 2.50 bits per heavy atom. The first-order valence-corrected chi connectivity index (χ1v) is 8.94. The highest BCUT2D eigenvalue weighted by Crippen LogP contribution is 2.35. The Morgan fingerprint density at radius 1 is 1.41 bits per heavy atom. The summed E-state index contributed by atoms with van der Waals surface area (Å²) in [6, 6.07) is 4.14. The van der Waals surface area contributed by atoms with Gasteiger partial charge in [0, 0.05) is 18.0 Å².